The number of nitro benzene ring substituents is 1. The highest BCUT2D eigenvalue weighted by atomic mass is 32.2. The molecule has 0 unspecified atom stereocenters. The molecule has 2 aromatic rings. The second-order valence-corrected chi connectivity index (χ2v) is 4.59. The third-order valence-corrected chi connectivity index (χ3v) is 3.55. The highest BCUT2D eigenvalue weighted by molar-refractivity contribution is 7.99. The van der Waals surface area contributed by atoms with Crippen molar-refractivity contribution < 1.29 is 4.92 Å². The summed E-state index contributed by atoms with van der Waals surface area (Å²) in [7, 11) is 3.51. The lowest BCUT2D eigenvalue weighted by Gasteiger charge is -2.06. The van der Waals surface area contributed by atoms with Gasteiger partial charge in [-0.2, -0.15) is 0 Å². The lowest BCUT2D eigenvalue weighted by atomic mass is 10.3. The fraction of sp³-hybridized carbons (Fsp3) is 0.182. The van der Waals surface area contributed by atoms with Crippen molar-refractivity contribution in [2.24, 2.45) is 7.05 Å². The van der Waals surface area contributed by atoms with E-state index in [1.165, 1.54) is 11.8 Å². The molecule has 1 aromatic carbocycles. The fourth-order valence-electron chi connectivity index (χ4n) is 1.54. The first-order chi connectivity index (χ1) is 8.63. The maximum Gasteiger partial charge on any atom is 0.306 e. The molecule has 94 valence electrons. The van der Waals surface area contributed by atoms with Crippen molar-refractivity contribution in [3.8, 4) is 0 Å². The molecule has 1 heterocycles. The maximum absolute atomic E-state index is 11.1. The van der Waals surface area contributed by atoms with Crippen LogP contribution in [0.2, 0.25) is 0 Å². The van der Waals surface area contributed by atoms with Gasteiger partial charge in [0.05, 0.1) is 9.82 Å². The Bertz CT molecular complexity index is 582. The zero-order chi connectivity index (χ0) is 13.1. The average molecular weight is 264 g/mol. The summed E-state index contributed by atoms with van der Waals surface area (Å²) in [6, 6.07) is 5.18. The number of nitrogens with zero attached hydrogens (tertiary/aromatic N) is 3. The molecule has 7 heteroatoms. The summed E-state index contributed by atoms with van der Waals surface area (Å²) in [6.07, 6.45) is 3.46. The van der Waals surface area contributed by atoms with E-state index >= 15 is 0 Å². The standard InChI is InChI=1S/C11H12N4O2S/c1-12-8-4-3-5-9(10(8)15(16)17)18-11-13-6-7-14(11)2/h3-7,12H,1-2H3. The molecule has 2 rings (SSSR count). The van der Waals surface area contributed by atoms with Gasteiger partial charge in [-0.1, -0.05) is 6.07 Å². The molecular weight excluding hydrogens is 252 g/mol. The van der Waals surface area contributed by atoms with Crippen LogP contribution >= 0.6 is 11.8 Å². The maximum atomic E-state index is 11.1. The second kappa shape index (κ2) is 5.09. The Morgan fingerprint density at radius 2 is 2.28 bits per heavy atom. The molecule has 0 saturated heterocycles. The summed E-state index contributed by atoms with van der Waals surface area (Å²) in [5.74, 6) is 0. The minimum Gasteiger partial charge on any atom is -0.383 e. The van der Waals surface area contributed by atoms with E-state index in [9.17, 15) is 10.1 Å². The molecule has 0 saturated carbocycles. The van der Waals surface area contributed by atoms with Gasteiger partial charge in [0.1, 0.15) is 5.69 Å². The van der Waals surface area contributed by atoms with Gasteiger partial charge >= 0.3 is 5.69 Å². The van der Waals surface area contributed by atoms with Crippen LogP contribution in [0.4, 0.5) is 11.4 Å². The zero-order valence-corrected chi connectivity index (χ0v) is 10.8. The first kappa shape index (κ1) is 12.4. The van der Waals surface area contributed by atoms with Gasteiger partial charge in [-0.05, 0) is 23.9 Å². The molecule has 0 amide bonds. The van der Waals surface area contributed by atoms with Gasteiger partial charge in [0.25, 0.3) is 0 Å². The van der Waals surface area contributed by atoms with E-state index in [0.29, 0.717) is 15.7 Å². The van der Waals surface area contributed by atoms with Crippen LogP contribution in [-0.2, 0) is 7.05 Å². The molecule has 0 aliphatic carbocycles. The Balaban J connectivity index is 2.44. The number of rotatable bonds is 4. The molecule has 0 fully saturated rings. The molecule has 0 spiro atoms. The van der Waals surface area contributed by atoms with Crippen LogP contribution < -0.4 is 5.32 Å². The van der Waals surface area contributed by atoms with E-state index in [-0.39, 0.29) is 10.6 Å². The monoisotopic (exact) mass is 264 g/mol. The van der Waals surface area contributed by atoms with Crippen LogP contribution in [-0.4, -0.2) is 21.5 Å². The lowest BCUT2D eigenvalue weighted by molar-refractivity contribution is -0.386. The van der Waals surface area contributed by atoms with Crippen molar-refractivity contribution in [3.63, 3.8) is 0 Å². The third kappa shape index (κ3) is 2.30. The number of imidazole rings is 1. The Kier molecular flexibility index (Phi) is 3.52. The van der Waals surface area contributed by atoms with Crippen LogP contribution in [0.1, 0.15) is 0 Å². The molecule has 0 aliphatic heterocycles. The van der Waals surface area contributed by atoms with Crippen LogP contribution in [0.15, 0.2) is 40.6 Å². The molecule has 0 bridgehead atoms. The first-order valence-electron chi connectivity index (χ1n) is 5.24. The highest BCUT2D eigenvalue weighted by Crippen LogP contribution is 2.38. The number of anilines is 1. The fourth-order valence-corrected chi connectivity index (χ4v) is 2.49. The predicted octanol–water partition coefficient (Wildman–Crippen LogP) is 2.52. The largest absolute Gasteiger partial charge is 0.383 e. The predicted molar refractivity (Wildman–Crippen MR) is 70.0 cm³/mol. The van der Waals surface area contributed by atoms with Crippen molar-refractivity contribution in [3.05, 3.63) is 40.7 Å². The topological polar surface area (TPSA) is 73.0 Å². The van der Waals surface area contributed by atoms with Crippen molar-refractivity contribution >= 4 is 23.1 Å². The summed E-state index contributed by atoms with van der Waals surface area (Å²) in [6.45, 7) is 0. The molecule has 6 nitrogen and oxygen atoms in total. The van der Waals surface area contributed by atoms with E-state index in [2.05, 4.69) is 10.3 Å². The van der Waals surface area contributed by atoms with Crippen molar-refractivity contribution in [2.45, 2.75) is 10.1 Å². The van der Waals surface area contributed by atoms with E-state index in [4.69, 9.17) is 0 Å². The van der Waals surface area contributed by atoms with Gasteiger partial charge in [-0.25, -0.2) is 4.98 Å². The number of hydrogen-bond donors (Lipinski definition) is 1. The molecule has 0 atom stereocenters. The van der Waals surface area contributed by atoms with Gasteiger partial charge in [0.2, 0.25) is 0 Å². The highest BCUT2D eigenvalue weighted by Gasteiger charge is 2.20. The Hall–Kier alpha value is -2.02. The Morgan fingerprint density at radius 1 is 1.50 bits per heavy atom. The van der Waals surface area contributed by atoms with E-state index < -0.39 is 0 Å². The van der Waals surface area contributed by atoms with Gasteiger partial charge in [-0.3, -0.25) is 10.1 Å². The summed E-state index contributed by atoms with van der Waals surface area (Å²) in [4.78, 5) is 15.5. The van der Waals surface area contributed by atoms with Gasteiger partial charge in [-0.15, -0.1) is 0 Å². The summed E-state index contributed by atoms with van der Waals surface area (Å²) >= 11 is 1.28. The number of para-hydroxylation sites is 1. The molecule has 0 aliphatic rings. The smallest absolute Gasteiger partial charge is 0.306 e. The van der Waals surface area contributed by atoms with Crippen LogP contribution in [0.5, 0.6) is 0 Å². The molecule has 1 N–H and O–H groups in total. The Labute approximate surface area is 108 Å². The molecular formula is C11H12N4O2S. The number of nitrogens with one attached hydrogen (secondary N) is 1. The van der Waals surface area contributed by atoms with E-state index in [0.717, 1.165) is 0 Å². The van der Waals surface area contributed by atoms with Crippen LogP contribution in [0.25, 0.3) is 0 Å². The lowest BCUT2D eigenvalue weighted by Crippen LogP contribution is -1.98. The number of aryl methyl sites for hydroxylation is 1. The molecule has 0 radical (unpaired) electrons. The third-order valence-electron chi connectivity index (χ3n) is 2.43. The van der Waals surface area contributed by atoms with E-state index in [1.54, 1.807) is 37.6 Å². The van der Waals surface area contributed by atoms with Crippen molar-refractivity contribution in [1.82, 2.24) is 9.55 Å². The van der Waals surface area contributed by atoms with Crippen molar-refractivity contribution in [1.29, 1.82) is 0 Å². The Morgan fingerprint density at radius 3 is 2.83 bits per heavy atom. The molecule has 18 heavy (non-hydrogen) atoms. The quantitative estimate of drug-likeness (QED) is 0.678. The van der Waals surface area contributed by atoms with E-state index in [1.807, 2.05) is 11.6 Å². The van der Waals surface area contributed by atoms with Gasteiger partial charge in [0, 0.05) is 26.5 Å². The van der Waals surface area contributed by atoms with Gasteiger partial charge in [0.15, 0.2) is 5.16 Å². The van der Waals surface area contributed by atoms with Crippen LogP contribution in [0, 0.1) is 10.1 Å². The SMILES string of the molecule is CNc1cccc(Sc2nccn2C)c1[N+](=O)[O-]. The number of hydrogen-bond acceptors (Lipinski definition) is 5. The summed E-state index contributed by atoms with van der Waals surface area (Å²) in [5.41, 5.74) is 0.576. The summed E-state index contributed by atoms with van der Waals surface area (Å²) < 4.78 is 1.82. The number of benzene rings is 1. The van der Waals surface area contributed by atoms with Crippen molar-refractivity contribution in [2.75, 3.05) is 12.4 Å². The average Bonchev–Trinajstić information content (AvgIpc) is 2.74. The number of aromatic nitrogens is 2. The summed E-state index contributed by atoms with van der Waals surface area (Å²) in [5, 5.41) is 14.7. The van der Waals surface area contributed by atoms with Gasteiger partial charge < -0.3 is 9.88 Å². The zero-order valence-electron chi connectivity index (χ0n) is 9.95. The minimum atomic E-state index is -0.378. The van der Waals surface area contributed by atoms with Crippen LogP contribution in [0.3, 0.4) is 0 Å². The molecule has 1 aromatic heterocycles. The number of nitro groups is 1. The first-order valence-corrected chi connectivity index (χ1v) is 6.05. The normalized spacial score (nSPS) is 10.3. The second-order valence-electron chi connectivity index (χ2n) is 3.58. The minimum absolute atomic E-state index is 0.0769.